The summed E-state index contributed by atoms with van der Waals surface area (Å²) in [5, 5.41) is 2.64. The molecule has 1 aromatic rings. The van der Waals surface area contributed by atoms with Crippen molar-refractivity contribution < 1.29 is 18.0 Å². The highest BCUT2D eigenvalue weighted by molar-refractivity contribution is 6.32. The van der Waals surface area contributed by atoms with Gasteiger partial charge in [-0.15, -0.1) is 0 Å². The number of carbonyl (C=O) groups excluding carboxylic acids is 1. The van der Waals surface area contributed by atoms with Gasteiger partial charge in [-0.05, 0) is 18.4 Å². The van der Waals surface area contributed by atoms with Gasteiger partial charge in [-0.3, -0.25) is 4.79 Å². The van der Waals surface area contributed by atoms with Crippen LogP contribution in [-0.2, 0) is 11.0 Å². The van der Waals surface area contributed by atoms with Crippen LogP contribution >= 0.6 is 11.6 Å². The van der Waals surface area contributed by atoms with Crippen LogP contribution in [0.5, 0.6) is 0 Å². The third-order valence-electron chi connectivity index (χ3n) is 3.88. The number of nitrogens with zero attached hydrogens (tertiary/aromatic N) is 2. The zero-order valence-electron chi connectivity index (χ0n) is 14.5. The average Bonchev–Trinajstić information content (AvgIpc) is 2.52. The monoisotopic (exact) mass is 380 g/mol. The fourth-order valence-electron chi connectivity index (χ4n) is 2.00. The first-order valence-corrected chi connectivity index (χ1v) is 8.36. The number of hydrogen-bond donors (Lipinski definition) is 2. The lowest BCUT2D eigenvalue weighted by Crippen LogP contribution is -2.35. The Labute approximate surface area is 150 Å². The second-order valence-corrected chi connectivity index (χ2v) is 6.65. The number of aromatic nitrogens is 1. The molecule has 0 saturated heterocycles. The molecule has 5 nitrogen and oxygen atoms in total. The van der Waals surface area contributed by atoms with Crippen molar-refractivity contribution in [2.75, 3.05) is 25.5 Å². The molecule has 0 spiro atoms. The van der Waals surface area contributed by atoms with Crippen molar-refractivity contribution >= 4 is 23.3 Å². The second kappa shape index (κ2) is 9.24. The Morgan fingerprint density at radius 3 is 2.60 bits per heavy atom. The summed E-state index contributed by atoms with van der Waals surface area (Å²) >= 11 is 5.79. The van der Waals surface area contributed by atoms with Crippen molar-refractivity contribution in [3.05, 3.63) is 22.8 Å². The Hall–Kier alpha value is -1.54. The summed E-state index contributed by atoms with van der Waals surface area (Å²) in [7, 11) is 1.69. The number of hydrogen-bond acceptors (Lipinski definition) is 4. The van der Waals surface area contributed by atoms with E-state index in [4.69, 9.17) is 17.3 Å². The molecule has 3 N–H and O–H groups in total. The minimum atomic E-state index is -4.50. The van der Waals surface area contributed by atoms with Gasteiger partial charge in [-0.25, -0.2) is 4.98 Å². The van der Waals surface area contributed by atoms with Gasteiger partial charge in [0.25, 0.3) is 0 Å². The Bertz CT molecular complexity index is 581. The van der Waals surface area contributed by atoms with E-state index in [-0.39, 0.29) is 35.8 Å². The van der Waals surface area contributed by atoms with Crippen molar-refractivity contribution in [2.45, 2.75) is 38.9 Å². The lowest BCUT2D eigenvalue weighted by atomic mass is 10.0. The highest BCUT2D eigenvalue weighted by atomic mass is 35.5. The molecule has 0 saturated carbocycles. The molecule has 1 atom stereocenters. The molecule has 0 aromatic carbocycles. The molecule has 1 heterocycles. The molecule has 0 aliphatic heterocycles. The van der Waals surface area contributed by atoms with Crippen molar-refractivity contribution in [1.82, 2.24) is 9.88 Å². The molecule has 142 valence electrons. The molecule has 1 unspecified atom stereocenters. The molecular weight excluding hydrogens is 357 g/mol. The van der Waals surface area contributed by atoms with E-state index < -0.39 is 11.7 Å². The van der Waals surface area contributed by atoms with Gasteiger partial charge in [-0.1, -0.05) is 25.4 Å². The lowest BCUT2D eigenvalue weighted by molar-refractivity contribution is -0.137. The Morgan fingerprint density at radius 2 is 2.08 bits per heavy atom. The zero-order chi connectivity index (χ0) is 19.2. The van der Waals surface area contributed by atoms with E-state index in [9.17, 15) is 18.0 Å². The normalized spacial score (nSPS) is 13.0. The maximum Gasteiger partial charge on any atom is 0.417 e. The smallest absolute Gasteiger partial charge is 0.368 e. The van der Waals surface area contributed by atoms with Gasteiger partial charge in [0.15, 0.2) is 0 Å². The standard InChI is InChI=1S/C16H24ClF3N4O/c1-10(2)13(21)5-7-24(3)14(25)4-6-22-15-12(17)8-11(9-23-15)16(18,19)20/h8-10,13H,4-7,21H2,1-3H3,(H,22,23). The summed E-state index contributed by atoms with van der Waals surface area (Å²) in [5.74, 6) is 0.372. The summed E-state index contributed by atoms with van der Waals surface area (Å²) in [6.45, 7) is 4.82. The average molecular weight is 381 g/mol. The number of amides is 1. The first-order chi connectivity index (χ1) is 11.5. The highest BCUT2D eigenvalue weighted by Gasteiger charge is 2.31. The number of nitrogens with two attached hydrogens (primary N) is 1. The van der Waals surface area contributed by atoms with Crippen LogP contribution in [0, 0.1) is 5.92 Å². The van der Waals surface area contributed by atoms with E-state index >= 15 is 0 Å². The van der Waals surface area contributed by atoms with Crippen LogP contribution in [0.25, 0.3) is 0 Å². The van der Waals surface area contributed by atoms with Gasteiger partial charge >= 0.3 is 6.18 Å². The molecule has 1 rings (SSSR count). The number of halogens is 4. The predicted octanol–water partition coefficient (Wildman–Crippen LogP) is 3.39. The number of carbonyl (C=O) groups is 1. The molecule has 0 radical (unpaired) electrons. The van der Waals surface area contributed by atoms with Crippen LogP contribution < -0.4 is 11.1 Å². The van der Waals surface area contributed by atoms with Crippen LogP contribution in [-0.4, -0.2) is 42.0 Å². The molecule has 0 fully saturated rings. The molecule has 9 heteroatoms. The van der Waals surface area contributed by atoms with Crippen LogP contribution in [0.3, 0.4) is 0 Å². The fraction of sp³-hybridized carbons (Fsp3) is 0.625. The quantitative estimate of drug-likeness (QED) is 0.725. The van der Waals surface area contributed by atoms with Gasteiger partial charge in [0, 0.05) is 38.8 Å². The van der Waals surface area contributed by atoms with Gasteiger partial charge in [0.2, 0.25) is 5.91 Å². The van der Waals surface area contributed by atoms with Crippen molar-refractivity contribution in [3.63, 3.8) is 0 Å². The molecule has 25 heavy (non-hydrogen) atoms. The SMILES string of the molecule is CC(C)C(N)CCN(C)C(=O)CCNc1ncc(C(F)(F)F)cc1Cl. The molecule has 0 aliphatic rings. The minimum Gasteiger partial charge on any atom is -0.368 e. The lowest BCUT2D eigenvalue weighted by Gasteiger charge is -2.21. The first-order valence-electron chi connectivity index (χ1n) is 7.98. The second-order valence-electron chi connectivity index (χ2n) is 6.24. The molecule has 1 amide bonds. The highest BCUT2D eigenvalue weighted by Crippen LogP contribution is 2.32. The number of anilines is 1. The number of alkyl halides is 3. The van der Waals surface area contributed by atoms with Gasteiger partial charge in [0.05, 0.1) is 10.6 Å². The van der Waals surface area contributed by atoms with E-state index in [1.54, 1.807) is 11.9 Å². The number of nitrogens with one attached hydrogen (secondary N) is 1. The first kappa shape index (κ1) is 21.5. The Balaban J connectivity index is 2.45. The summed E-state index contributed by atoms with van der Waals surface area (Å²) < 4.78 is 37.6. The topological polar surface area (TPSA) is 71.2 Å². The van der Waals surface area contributed by atoms with Gasteiger partial charge in [-0.2, -0.15) is 13.2 Å². The van der Waals surface area contributed by atoms with Gasteiger partial charge < -0.3 is 16.0 Å². The third-order valence-corrected chi connectivity index (χ3v) is 4.17. The van der Waals surface area contributed by atoms with E-state index in [1.807, 2.05) is 13.8 Å². The zero-order valence-corrected chi connectivity index (χ0v) is 15.3. The van der Waals surface area contributed by atoms with Crippen LogP contribution in [0.2, 0.25) is 5.02 Å². The molecule has 0 bridgehead atoms. The van der Waals surface area contributed by atoms with E-state index in [0.717, 1.165) is 6.07 Å². The summed E-state index contributed by atoms with van der Waals surface area (Å²) in [5.41, 5.74) is 5.03. The molecular formula is C16H24ClF3N4O. The molecule has 1 aromatic heterocycles. The fourth-order valence-corrected chi connectivity index (χ4v) is 2.24. The summed E-state index contributed by atoms with van der Waals surface area (Å²) in [4.78, 5) is 17.3. The Kier molecular flexibility index (Phi) is 7.95. The minimum absolute atomic E-state index is 0.0310. The van der Waals surface area contributed by atoms with E-state index in [2.05, 4.69) is 10.3 Å². The summed E-state index contributed by atoms with van der Waals surface area (Å²) in [6, 6.07) is 0.835. The van der Waals surface area contributed by atoms with Gasteiger partial charge in [0.1, 0.15) is 5.82 Å². The van der Waals surface area contributed by atoms with Crippen molar-refractivity contribution in [1.29, 1.82) is 0 Å². The van der Waals surface area contributed by atoms with Crippen LogP contribution in [0.1, 0.15) is 32.3 Å². The van der Waals surface area contributed by atoms with Crippen LogP contribution in [0.4, 0.5) is 19.0 Å². The molecule has 0 aliphatic carbocycles. The third kappa shape index (κ3) is 7.07. The van der Waals surface area contributed by atoms with E-state index in [1.165, 1.54) is 0 Å². The van der Waals surface area contributed by atoms with Crippen molar-refractivity contribution in [2.24, 2.45) is 11.7 Å². The van der Waals surface area contributed by atoms with E-state index in [0.29, 0.717) is 25.1 Å². The predicted molar refractivity (Wildman–Crippen MR) is 92.4 cm³/mol. The number of pyridine rings is 1. The maximum atomic E-state index is 12.5. The Morgan fingerprint density at radius 1 is 1.44 bits per heavy atom. The number of rotatable bonds is 8. The van der Waals surface area contributed by atoms with Crippen LogP contribution in [0.15, 0.2) is 12.3 Å². The summed E-state index contributed by atoms with van der Waals surface area (Å²) in [6.07, 6.45) is -2.91. The van der Waals surface area contributed by atoms with Crippen molar-refractivity contribution in [3.8, 4) is 0 Å². The maximum absolute atomic E-state index is 12.5. The largest absolute Gasteiger partial charge is 0.417 e.